The van der Waals surface area contributed by atoms with Gasteiger partial charge in [0.15, 0.2) is 0 Å². The number of hydrogen-bond acceptors (Lipinski definition) is 1. The van der Waals surface area contributed by atoms with Crippen molar-refractivity contribution >= 4 is 11.0 Å². The van der Waals surface area contributed by atoms with Crippen LogP contribution >= 0.6 is 0 Å². The summed E-state index contributed by atoms with van der Waals surface area (Å²) in [6.45, 7) is 9.69. The first-order chi connectivity index (χ1) is 9.65. The molecule has 1 N–H and O–H groups in total. The Morgan fingerprint density at radius 1 is 1.29 bits per heavy atom. The van der Waals surface area contributed by atoms with E-state index in [1.807, 2.05) is 34.6 Å². The Hall–Kier alpha value is -0.810. The molecule has 120 valence electrons. The minimum atomic E-state index is -1.16. The van der Waals surface area contributed by atoms with Crippen molar-refractivity contribution in [2.24, 2.45) is 5.92 Å². The van der Waals surface area contributed by atoms with Gasteiger partial charge in [0.1, 0.15) is 11.6 Å². The Bertz CT molecular complexity index is 500. The summed E-state index contributed by atoms with van der Waals surface area (Å²) in [5.74, 6) is -0.946. The fourth-order valence-corrected chi connectivity index (χ4v) is 2.97. The van der Waals surface area contributed by atoms with Gasteiger partial charge in [-0.3, -0.25) is 0 Å². The van der Waals surface area contributed by atoms with Crippen molar-refractivity contribution in [3.8, 4) is 0 Å². The number of hydrogen-bond donors (Lipinski definition) is 1. The zero-order valence-corrected chi connectivity index (χ0v) is 14.2. The lowest BCUT2D eigenvalue weighted by Crippen LogP contribution is -2.42. The predicted molar refractivity (Wildman–Crippen MR) is 84.3 cm³/mol. The van der Waals surface area contributed by atoms with Crippen molar-refractivity contribution in [3.05, 3.63) is 35.4 Å². The summed E-state index contributed by atoms with van der Waals surface area (Å²) in [7, 11) is -1.16. The van der Waals surface area contributed by atoms with Gasteiger partial charge < -0.3 is 0 Å². The van der Waals surface area contributed by atoms with E-state index < -0.39 is 22.6 Å². The highest BCUT2D eigenvalue weighted by molar-refractivity contribution is 7.84. The highest BCUT2D eigenvalue weighted by Crippen LogP contribution is 2.20. The van der Waals surface area contributed by atoms with E-state index >= 15 is 0 Å². The lowest BCUT2D eigenvalue weighted by molar-refractivity contribution is 0.397. The van der Waals surface area contributed by atoms with Gasteiger partial charge in [0.05, 0.1) is 15.7 Å². The molecule has 1 rings (SSSR count). The zero-order chi connectivity index (χ0) is 16.2. The summed E-state index contributed by atoms with van der Waals surface area (Å²) < 4.78 is 41.6. The lowest BCUT2D eigenvalue weighted by atomic mass is 9.91. The Labute approximate surface area is 128 Å². The molecule has 0 bridgehead atoms. The molecule has 0 heterocycles. The van der Waals surface area contributed by atoms with Crippen molar-refractivity contribution in [2.45, 2.75) is 58.2 Å². The third-order valence-corrected chi connectivity index (χ3v) is 5.28. The van der Waals surface area contributed by atoms with E-state index in [1.54, 1.807) is 0 Å². The van der Waals surface area contributed by atoms with Crippen LogP contribution in [0.1, 0.15) is 46.6 Å². The molecule has 0 spiro atoms. The molecule has 0 saturated heterocycles. The van der Waals surface area contributed by atoms with Crippen LogP contribution in [0.3, 0.4) is 0 Å². The summed E-state index contributed by atoms with van der Waals surface area (Å²) >= 11 is 0. The molecule has 1 aromatic carbocycles. The van der Waals surface area contributed by atoms with E-state index in [2.05, 4.69) is 4.72 Å². The Kier molecular flexibility index (Phi) is 6.47. The number of rotatable bonds is 6. The van der Waals surface area contributed by atoms with Crippen molar-refractivity contribution in [1.29, 1.82) is 0 Å². The molecule has 0 amide bonds. The van der Waals surface area contributed by atoms with Gasteiger partial charge in [0.25, 0.3) is 0 Å². The molecule has 21 heavy (non-hydrogen) atoms. The van der Waals surface area contributed by atoms with Gasteiger partial charge >= 0.3 is 0 Å². The summed E-state index contributed by atoms with van der Waals surface area (Å²) in [4.78, 5) is 0. The van der Waals surface area contributed by atoms with Crippen LogP contribution in [0.4, 0.5) is 8.78 Å². The number of nitrogens with one attached hydrogen (secondary N) is 1. The van der Waals surface area contributed by atoms with Crippen LogP contribution in [0.5, 0.6) is 0 Å². The van der Waals surface area contributed by atoms with Crippen molar-refractivity contribution in [1.82, 2.24) is 4.72 Å². The highest BCUT2D eigenvalue weighted by atomic mass is 32.2. The molecular formula is C16H25F2NOS. The monoisotopic (exact) mass is 317 g/mol. The van der Waals surface area contributed by atoms with E-state index in [0.717, 1.165) is 12.5 Å². The topological polar surface area (TPSA) is 29.1 Å². The van der Waals surface area contributed by atoms with E-state index in [-0.39, 0.29) is 16.7 Å². The first-order valence-electron chi connectivity index (χ1n) is 7.27. The molecule has 2 unspecified atom stereocenters. The van der Waals surface area contributed by atoms with Gasteiger partial charge in [-0.25, -0.2) is 17.7 Å². The van der Waals surface area contributed by atoms with Crippen LogP contribution in [0.2, 0.25) is 0 Å². The van der Waals surface area contributed by atoms with E-state index in [4.69, 9.17) is 0 Å². The second-order valence-electron chi connectivity index (χ2n) is 6.40. The minimum Gasteiger partial charge on any atom is -0.242 e. The zero-order valence-electron chi connectivity index (χ0n) is 13.4. The van der Waals surface area contributed by atoms with Crippen LogP contribution in [-0.2, 0) is 17.4 Å². The molecule has 0 radical (unpaired) electrons. The molecule has 1 aromatic rings. The van der Waals surface area contributed by atoms with Crippen LogP contribution in [0, 0.1) is 17.6 Å². The fourth-order valence-electron chi connectivity index (χ4n) is 2.09. The largest absolute Gasteiger partial charge is 0.242 e. The quantitative estimate of drug-likeness (QED) is 0.845. The molecule has 3 atom stereocenters. The maximum atomic E-state index is 13.7. The normalized spacial score (nSPS) is 16.5. The first kappa shape index (κ1) is 18.2. The van der Waals surface area contributed by atoms with E-state index in [1.165, 1.54) is 12.1 Å². The van der Waals surface area contributed by atoms with Crippen molar-refractivity contribution < 1.29 is 13.0 Å². The first-order valence-corrected chi connectivity index (χ1v) is 8.42. The second kappa shape index (κ2) is 7.45. The highest BCUT2D eigenvalue weighted by Gasteiger charge is 2.25. The summed E-state index contributed by atoms with van der Waals surface area (Å²) in [6.07, 6.45) is 1.32. The van der Waals surface area contributed by atoms with Gasteiger partial charge in [-0.15, -0.1) is 0 Å². The third-order valence-electron chi connectivity index (χ3n) is 3.58. The average molecular weight is 317 g/mol. The minimum absolute atomic E-state index is 0.0143. The molecule has 0 aliphatic heterocycles. The summed E-state index contributed by atoms with van der Waals surface area (Å²) in [6, 6.07) is 3.66. The van der Waals surface area contributed by atoms with Crippen LogP contribution in [0.15, 0.2) is 18.2 Å². The second-order valence-corrected chi connectivity index (χ2v) is 8.39. The van der Waals surface area contributed by atoms with Gasteiger partial charge in [-0.05, 0) is 51.7 Å². The molecule has 0 saturated carbocycles. The van der Waals surface area contributed by atoms with Gasteiger partial charge in [0.2, 0.25) is 0 Å². The molecule has 0 aliphatic carbocycles. The lowest BCUT2D eigenvalue weighted by Gasteiger charge is -2.27. The Morgan fingerprint density at radius 2 is 1.90 bits per heavy atom. The fraction of sp³-hybridized carbons (Fsp3) is 0.625. The molecule has 0 fully saturated rings. The maximum Gasteiger partial charge on any atom is 0.129 e. The van der Waals surface area contributed by atoms with Gasteiger partial charge in [-0.1, -0.05) is 19.4 Å². The Balaban J connectivity index is 2.76. The van der Waals surface area contributed by atoms with Crippen molar-refractivity contribution in [2.75, 3.05) is 0 Å². The van der Waals surface area contributed by atoms with Crippen LogP contribution < -0.4 is 4.72 Å². The van der Waals surface area contributed by atoms with Crippen molar-refractivity contribution in [3.63, 3.8) is 0 Å². The molecule has 2 nitrogen and oxygen atoms in total. The van der Waals surface area contributed by atoms with E-state index in [0.29, 0.717) is 12.0 Å². The SMILES string of the molecule is CC[C@@H](Cc1ccc(F)cc1F)C(C)NS(=O)C(C)(C)C. The summed E-state index contributed by atoms with van der Waals surface area (Å²) in [5, 5.41) is 0. The standard InChI is InChI=1S/C16H25F2NOS/c1-6-12(11(2)19-21(20)16(3,4)5)9-13-7-8-14(17)10-15(13)18/h7-8,10-12,19H,6,9H2,1-5H3/t11?,12-,21?/m0/s1. The third kappa shape index (κ3) is 5.47. The smallest absolute Gasteiger partial charge is 0.129 e. The number of benzene rings is 1. The van der Waals surface area contributed by atoms with Gasteiger partial charge in [0, 0.05) is 12.1 Å². The van der Waals surface area contributed by atoms with E-state index in [9.17, 15) is 13.0 Å². The predicted octanol–water partition coefficient (Wildman–Crippen LogP) is 3.97. The van der Waals surface area contributed by atoms with Crippen LogP contribution in [-0.4, -0.2) is 15.0 Å². The summed E-state index contributed by atoms with van der Waals surface area (Å²) in [5.41, 5.74) is 0.499. The van der Waals surface area contributed by atoms with Crippen LogP contribution in [0.25, 0.3) is 0 Å². The molecular weight excluding hydrogens is 292 g/mol. The average Bonchev–Trinajstić information content (AvgIpc) is 2.36. The molecule has 5 heteroatoms. The maximum absolute atomic E-state index is 13.7. The Morgan fingerprint density at radius 3 is 2.38 bits per heavy atom. The van der Waals surface area contributed by atoms with Gasteiger partial charge in [-0.2, -0.15) is 0 Å². The molecule has 0 aliphatic rings. The number of halogens is 2. The molecule has 0 aromatic heterocycles.